The summed E-state index contributed by atoms with van der Waals surface area (Å²) in [7, 11) is 1.69. The van der Waals surface area contributed by atoms with Crippen LogP contribution in [0.4, 0.5) is 5.69 Å². The van der Waals surface area contributed by atoms with E-state index in [4.69, 9.17) is 9.73 Å². The Bertz CT molecular complexity index is 495. The molecule has 1 N–H and O–H groups in total. The van der Waals surface area contributed by atoms with Crippen molar-refractivity contribution in [1.29, 1.82) is 0 Å². The van der Waals surface area contributed by atoms with Crippen LogP contribution in [0.3, 0.4) is 0 Å². The number of nitrogens with one attached hydrogen (secondary N) is 1. The zero-order chi connectivity index (χ0) is 14.6. The zero-order valence-corrected chi connectivity index (χ0v) is 13.6. The lowest BCUT2D eigenvalue weighted by Crippen LogP contribution is -2.32. The predicted molar refractivity (Wildman–Crippen MR) is 89.1 cm³/mol. The first kappa shape index (κ1) is 15.2. The van der Waals surface area contributed by atoms with Crippen LogP contribution in [0.1, 0.15) is 32.3 Å². The monoisotopic (exact) mass is 292 g/mol. The summed E-state index contributed by atoms with van der Waals surface area (Å²) in [5.41, 5.74) is 2.68. The lowest BCUT2D eigenvalue weighted by molar-refractivity contribution is 0.318. The number of rotatable bonds is 4. The second-order valence-electron chi connectivity index (χ2n) is 5.42. The van der Waals surface area contributed by atoms with E-state index in [0.29, 0.717) is 5.41 Å². The number of ether oxygens (including phenoxy) is 1. The number of aryl methyl sites for hydroxylation is 1. The van der Waals surface area contributed by atoms with Crippen LogP contribution in [0.15, 0.2) is 23.2 Å². The second-order valence-corrected chi connectivity index (χ2v) is 6.39. The Kier molecular flexibility index (Phi) is 4.97. The standard InChI is InChI=1S/C16H24N2OS/c1-5-16(6-2)10-17-15(20-11-16)18-14-8-7-13(19-4)9-12(14)3/h7-9H,5-6,10-11H2,1-4H3,(H,17,18). The average molecular weight is 292 g/mol. The minimum atomic E-state index is 0.394. The molecule has 0 fully saturated rings. The van der Waals surface area contributed by atoms with E-state index in [2.05, 4.69) is 32.2 Å². The van der Waals surface area contributed by atoms with Crippen molar-refractivity contribution < 1.29 is 4.74 Å². The molecule has 0 amide bonds. The molecule has 0 unspecified atom stereocenters. The Morgan fingerprint density at radius 2 is 2.10 bits per heavy atom. The fourth-order valence-corrected chi connectivity index (χ4v) is 3.60. The van der Waals surface area contributed by atoms with Crippen LogP contribution < -0.4 is 10.1 Å². The van der Waals surface area contributed by atoms with E-state index in [-0.39, 0.29) is 0 Å². The minimum Gasteiger partial charge on any atom is -0.497 e. The fraction of sp³-hybridized carbons (Fsp3) is 0.562. The van der Waals surface area contributed by atoms with Gasteiger partial charge in [0, 0.05) is 18.0 Å². The van der Waals surface area contributed by atoms with E-state index < -0.39 is 0 Å². The summed E-state index contributed by atoms with van der Waals surface area (Å²) in [6, 6.07) is 6.07. The molecule has 0 aromatic heterocycles. The van der Waals surface area contributed by atoms with Crippen molar-refractivity contribution >= 4 is 22.6 Å². The number of hydrogen-bond acceptors (Lipinski definition) is 4. The quantitative estimate of drug-likeness (QED) is 0.897. The van der Waals surface area contributed by atoms with Gasteiger partial charge in [0.15, 0.2) is 5.17 Å². The average Bonchev–Trinajstić information content (AvgIpc) is 2.50. The summed E-state index contributed by atoms with van der Waals surface area (Å²) in [6.45, 7) is 7.56. The highest BCUT2D eigenvalue weighted by atomic mass is 32.2. The highest BCUT2D eigenvalue weighted by molar-refractivity contribution is 8.14. The van der Waals surface area contributed by atoms with Crippen LogP contribution in [0.5, 0.6) is 5.75 Å². The molecule has 0 bridgehead atoms. The maximum Gasteiger partial charge on any atom is 0.161 e. The molecular weight excluding hydrogens is 268 g/mol. The van der Waals surface area contributed by atoms with Crippen molar-refractivity contribution in [2.75, 3.05) is 24.7 Å². The number of benzene rings is 1. The Hall–Kier alpha value is -1.16. The van der Waals surface area contributed by atoms with Gasteiger partial charge in [-0.1, -0.05) is 25.6 Å². The molecule has 0 radical (unpaired) electrons. The Balaban J connectivity index is 2.07. The number of nitrogens with zero attached hydrogens (tertiary/aromatic N) is 1. The second kappa shape index (κ2) is 6.53. The van der Waals surface area contributed by atoms with E-state index in [1.54, 1.807) is 7.11 Å². The van der Waals surface area contributed by atoms with Crippen molar-refractivity contribution in [3.63, 3.8) is 0 Å². The van der Waals surface area contributed by atoms with Crippen molar-refractivity contribution in [3.8, 4) is 5.75 Å². The van der Waals surface area contributed by atoms with Gasteiger partial charge >= 0.3 is 0 Å². The van der Waals surface area contributed by atoms with E-state index >= 15 is 0 Å². The molecule has 3 nitrogen and oxygen atoms in total. The summed E-state index contributed by atoms with van der Waals surface area (Å²) in [4.78, 5) is 4.74. The molecule has 20 heavy (non-hydrogen) atoms. The van der Waals surface area contributed by atoms with Crippen LogP contribution in [-0.2, 0) is 0 Å². The summed E-state index contributed by atoms with van der Waals surface area (Å²) in [5, 5.41) is 4.48. The number of methoxy groups -OCH3 is 1. The van der Waals surface area contributed by atoms with Gasteiger partial charge in [0.25, 0.3) is 0 Å². The number of hydrogen-bond donors (Lipinski definition) is 1. The molecular formula is C16H24N2OS. The first-order valence-electron chi connectivity index (χ1n) is 7.21. The van der Waals surface area contributed by atoms with Crippen molar-refractivity contribution in [2.45, 2.75) is 33.6 Å². The largest absolute Gasteiger partial charge is 0.497 e. The lowest BCUT2D eigenvalue weighted by atomic mass is 9.84. The molecule has 1 aliphatic rings. The predicted octanol–water partition coefficient (Wildman–Crippen LogP) is 4.32. The van der Waals surface area contributed by atoms with Crippen LogP contribution in [-0.4, -0.2) is 24.6 Å². The first-order chi connectivity index (χ1) is 9.62. The molecule has 0 saturated heterocycles. The third-order valence-corrected chi connectivity index (χ3v) is 5.51. The summed E-state index contributed by atoms with van der Waals surface area (Å²) >= 11 is 1.84. The van der Waals surface area contributed by atoms with Gasteiger partial charge in [0.05, 0.1) is 7.11 Å². The topological polar surface area (TPSA) is 33.6 Å². The molecule has 1 aromatic carbocycles. The summed E-state index contributed by atoms with van der Waals surface area (Å²) in [5.74, 6) is 2.04. The minimum absolute atomic E-state index is 0.394. The van der Waals surface area contributed by atoms with Crippen LogP contribution in [0, 0.1) is 12.3 Å². The van der Waals surface area contributed by atoms with E-state index in [1.165, 1.54) is 18.4 Å². The van der Waals surface area contributed by atoms with E-state index in [9.17, 15) is 0 Å². The number of anilines is 1. The Morgan fingerprint density at radius 3 is 2.60 bits per heavy atom. The Labute approximate surface area is 126 Å². The highest BCUT2D eigenvalue weighted by Gasteiger charge is 2.30. The van der Waals surface area contributed by atoms with Crippen molar-refractivity contribution in [1.82, 2.24) is 0 Å². The first-order valence-corrected chi connectivity index (χ1v) is 8.20. The molecule has 110 valence electrons. The van der Waals surface area contributed by atoms with Gasteiger partial charge in [-0.05, 0) is 48.9 Å². The third kappa shape index (κ3) is 3.29. The molecule has 0 atom stereocenters. The van der Waals surface area contributed by atoms with Crippen molar-refractivity contribution in [2.24, 2.45) is 10.4 Å². The van der Waals surface area contributed by atoms with Crippen LogP contribution in [0.2, 0.25) is 0 Å². The van der Waals surface area contributed by atoms with E-state index in [1.807, 2.05) is 23.9 Å². The summed E-state index contributed by atoms with van der Waals surface area (Å²) < 4.78 is 5.23. The normalized spacial score (nSPS) is 17.5. The molecule has 1 heterocycles. The molecule has 4 heteroatoms. The molecule has 0 aliphatic carbocycles. The van der Waals surface area contributed by atoms with Crippen LogP contribution in [0.25, 0.3) is 0 Å². The van der Waals surface area contributed by atoms with Gasteiger partial charge in [-0.25, -0.2) is 0 Å². The highest BCUT2D eigenvalue weighted by Crippen LogP contribution is 2.35. The van der Waals surface area contributed by atoms with Gasteiger partial charge < -0.3 is 10.1 Å². The maximum atomic E-state index is 5.23. The molecule has 2 rings (SSSR count). The van der Waals surface area contributed by atoms with Crippen LogP contribution >= 0.6 is 11.8 Å². The summed E-state index contributed by atoms with van der Waals surface area (Å²) in [6.07, 6.45) is 2.41. The Morgan fingerprint density at radius 1 is 1.35 bits per heavy atom. The molecule has 1 aromatic rings. The van der Waals surface area contributed by atoms with Gasteiger partial charge in [0.2, 0.25) is 0 Å². The maximum absolute atomic E-state index is 5.23. The third-order valence-electron chi connectivity index (χ3n) is 4.25. The van der Waals surface area contributed by atoms with Gasteiger partial charge in [-0.3, -0.25) is 4.99 Å². The van der Waals surface area contributed by atoms with Gasteiger partial charge in [-0.2, -0.15) is 0 Å². The molecule has 0 saturated carbocycles. The number of amidine groups is 1. The molecule has 1 aliphatic heterocycles. The lowest BCUT2D eigenvalue weighted by Gasteiger charge is -2.33. The smallest absolute Gasteiger partial charge is 0.161 e. The number of aliphatic imine (C=N–C) groups is 1. The van der Waals surface area contributed by atoms with E-state index in [0.717, 1.165) is 28.9 Å². The fourth-order valence-electron chi connectivity index (χ4n) is 2.32. The van der Waals surface area contributed by atoms with Crippen molar-refractivity contribution in [3.05, 3.63) is 23.8 Å². The van der Waals surface area contributed by atoms with Gasteiger partial charge in [0.1, 0.15) is 5.75 Å². The molecule has 0 spiro atoms. The van der Waals surface area contributed by atoms with Gasteiger partial charge in [-0.15, -0.1) is 0 Å². The number of thioether (sulfide) groups is 1. The zero-order valence-electron chi connectivity index (χ0n) is 12.8. The SMILES string of the molecule is CCC1(CC)CN=C(Nc2ccc(OC)cc2C)SC1.